The van der Waals surface area contributed by atoms with Gasteiger partial charge in [-0.25, -0.2) is 0 Å². The Kier molecular flexibility index (Phi) is 3.84. The Hall–Kier alpha value is -2.00. The van der Waals surface area contributed by atoms with E-state index in [2.05, 4.69) is 41.1 Å². The molecule has 2 N–H and O–H groups in total. The first-order valence-corrected chi connectivity index (χ1v) is 7.44. The van der Waals surface area contributed by atoms with Crippen LogP contribution in [0.3, 0.4) is 0 Å². The third-order valence-electron chi connectivity index (χ3n) is 4.01. The van der Waals surface area contributed by atoms with E-state index in [1.165, 1.54) is 5.56 Å². The summed E-state index contributed by atoms with van der Waals surface area (Å²) in [5, 5.41) is 0.707. The highest BCUT2D eigenvalue weighted by atomic mass is 35.5. The molecule has 4 heteroatoms. The van der Waals surface area contributed by atoms with E-state index in [1.54, 1.807) is 0 Å². The summed E-state index contributed by atoms with van der Waals surface area (Å²) in [7, 11) is 0. The van der Waals surface area contributed by atoms with Gasteiger partial charge in [0.25, 0.3) is 0 Å². The number of aliphatic imine (C=N–C) groups is 1. The van der Waals surface area contributed by atoms with Crippen LogP contribution < -0.4 is 10.6 Å². The van der Waals surface area contributed by atoms with Crippen LogP contribution in [0.2, 0.25) is 5.02 Å². The Labute approximate surface area is 130 Å². The third kappa shape index (κ3) is 2.74. The van der Waals surface area contributed by atoms with Crippen LogP contribution in [-0.4, -0.2) is 18.5 Å². The number of anilines is 1. The predicted octanol–water partition coefficient (Wildman–Crippen LogP) is 3.65. The zero-order valence-corrected chi connectivity index (χ0v) is 12.7. The summed E-state index contributed by atoms with van der Waals surface area (Å²) in [6.07, 6.45) is 0. The van der Waals surface area contributed by atoms with Crippen molar-refractivity contribution in [3.05, 3.63) is 65.2 Å². The largest absolute Gasteiger partial charge is 0.370 e. The summed E-state index contributed by atoms with van der Waals surface area (Å²) in [5.74, 6) is 0.889. The molecule has 1 aliphatic rings. The second-order valence-electron chi connectivity index (χ2n) is 5.32. The number of nitrogens with two attached hydrogens (primary N) is 1. The highest BCUT2D eigenvalue weighted by Gasteiger charge is 2.32. The van der Waals surface area contributed by atoms with Crippen molar-refractivity contribution in [1.29, 1.82) is 0 Å². The first kappa shape index (κ1) is 14.0. The molecule has 2 unspecified atom stereocenters. The van der Waals surface area contributed by atoms with Crippen LogP contribution in [0, 0.1) is 0 Å². The first-order valence-electron chi connectivity index (χ1n) is 7.06. The molecule has 0 spiro atoms. The third-order valence-corrected chi connectivity index (χ3v) is 4.24. The van der Waals surface area contributed by atoms with Crippen molar-refractivity contribution in [1.82, 2.24) is 0 Å². The zero-order chi connectivity index (χ0) is 14.8. The topological polar surface area (TPSA) is 41.6 Å². The SMILES string of the molecule is CC(c1ccccc1)C1CN=C(N)N1c1cccc(Cl)c1. The molecule has 2 atom stereocenters. The van der Waals surface area contributed by atoms with Gasteiger partial charge in [-0.15, -0.1) is 0 Å². The molecule has 2 aromatic carbocycles. The Morgan fingerprint density at radius 2 is 1.95 bits per heavy atom. The summed E-state index contributed by atoms with van der Waals surface area (Å²) in [4.78, 5) is 6.52. The molecule has 0 saturated heterocycles. The number of hydrogen-bond donors (Lipinski definition) is 1. The van der Waals surface area contributed by atoms with E-state index >= 15 is 0 Å². The van der Waals surface area contributed by atoms with Gasteiger partial charge in [0.05, 0.1) is 12.6 Å². The van der Waals surface area contributed by atoms with Gasteiger partial charge in [0.2, 0.25) is 0 Å². The molecule has 3 rings (SSSR count). The van der Waals surface area contributed by atoms with E-state index in [-0.39, 0.29) is 6.04 Å². The average Bonchev–Trinajstić information content (AvgIpc) is 2.89. The number of guanidine groups is 1. The van der Waals surface area contributed by atoms with Crippen LogP contribution in [0.15, 0.2) is 59.6 Å². The second-order valence-corrected chi connectivity index (χ2v) is 5.75. The van der Waals surface area contributed by atoms with Gasteiger partial charge < -0.3 is 10.6 Å². The van der Waals surface area contributed by atoms with Crippen molar-refractivity contribution < 1.29 is 0 Å². The molecule has 21 heavy (non-hydrogen) atoms. The minimum absolute atomic E-state index is 0.214. The first-order chi connectivity index (χ1) is 10.2. The minimum Gasteiger partial charge on any atom is -0.370 e. The van der Waals surface area contributed by atoms with Gasteiger partial charge in [0.15, 0.2) is 5.96 Å². The lowest BCUT2D eigenvalue weighted by Gasteiger charge is -2.31. The van der Waals surface area contributed by atoms with E-state index in [4.69, 9.17) is 17.3 Å². The molecule has 1 heterocycles. The molecule has 0 aliphatic carbocycles. The van der Waals surface area contributed by atoms with Gasteiger partial charge >= 0.3 is 0 Å². The molecule has 108 valence electrons. The van der Waals surface area contributed by atoms with Crippen molar-refractivity contribution in [3.8, 4) is 0 Å². The molecule has 0 saturated carbocycles. The lowest BCUT2D eigenvalue weighted by molar-refractivity contribution is 0.595. The molecule has 0 radical (unpaired) electrons. The van der Waals surface area contributed by atoms with Crippen LogP contribution in [0.4, 0.5) is 5.69 Å². The fraction of sp³-hybridized carbons (Fsp3) is 0.235. The molecule has 1 aliphatic heterocycles. The fourth-order valence-electron chi connectivity index (χ4n) is 2.82. The van der Waals surface area contributed by atoms with E-state index in [0.717, 1.165) is 5.69 Å². The smallest absolute Gasteiger partial charge is 0.196 e. The fourth-order valence-corrected chi connectivity index (χ4v) is 3.01. The number of benzene rings is 2. The molecule has 0 fully saturated rings. The number of halogens is 1. The van der Waals surface area contributed by atoms with Crippen molar-refractivity contribution >= 4 is 23.2 Å². The zero-order valence-electron chi connectivity index (χ0n) is 11.9. The van der Waals surface area contributed by atoms with Gasteiger partial charge in [0.1, 0.15) is 0 Å². The van der Waals surface area contributed by atoms with Gasteiger partial charge in [-0.2, -0.15) is 0 Å². The van der Waals surface area contributed by atoms with Gasteiger partial charge in [-0.05, 0) is 23.8 Å². The van der Waals surface area contributed by atoms with Gasteiger partial charge in [-0.1, -0.05) is 54.9 Å². The Bertz CT molecular complexity index is 654. The highest BCUT2D eigenvalue weighted by Crippen LogP contribution is 2.31. The van der Waals surface area contributed by atoms with Crippen molar-refractivity contribution in [2.24, 2.45) is 10.7 Å². The quantitative estimate of drug-likeness (QED) is 0.940. The lowest BCUT2D eigenvalue weighted by Crippen LogP contribution is -2.43. The molecule has 0 amide bonds. The maximum atomic E-state index is 6.11. The summed E-state index contributed by atoms with van der Waals surface area (Å²) in [5.41, 5.74) is 8.39. The molecule has 0 aromatic heterocycles. The minimum atomic E-state index is 0.214. The van der Waals surface area contributed by atoms with Crippen LogP contribution >= 0.6 is 11.6 Å². The van der Waals surface area contributed by atoms with Crippen LogP contribution in [0.1, 0.15) is 18.4 Å². The monoisotopic (exact) mass is 299 g/mol. The maximum absolute atomic E-state index is 6.11. The normalized spacial score (nSPS) is 19.4. The van der Waals surface area contributed by atoms with Crippen molar-refractivity contribution in [2.75, 3.05) is 11.4 Å². The van der Waals surface area contributed by atoms with Crippen LogP contribution in [0.25, 0.3) is 0 Å². The van der Waals surface area contributed by atoms with E-state index < -0.39 is 0 Å². The van der Waals surface area contributed by atoms with Gasteiger partial charge in [0, 0.05) is 16.6 Å². The number of nitrogens with zero attached hydrogens (tertiary/aromatic N) is 2. The Balaban J connectivity index is 1.92. The Morgan fingerprint density at radius 1 is 1.19 bits per heavy atom. The second kappa shape index (κ2) is 5.78. The molecular weight excluding hydrogens is 282 g/mol. The molecule has 0 bridgehead atoms. The van der Waals surface area contributed by atoms with E-state index in [0.29, 0.717) is 23.4 Å². The van der Waals surface area contributed by atoms with Crippen molar-refractivity contribution in [3.63, 3.8) is 0 Å². The standard InChI is InChI=1S/C17H18ClN3/c1-12(13-6-3-2-4-7-13)16-11-20-17(19)21(16)15-9-5-8-14(18)10-15/h2-10,12,16H,11H2,1H3,(H2,19,20). The molecular formula is C17H18ClN3. The highest BCUT2D eigenvalue weighted by molar-refractivity contribution is 6.30. The summed E-state index contributed by atoms with van der Waals surface area (Å²) >= 11 is 6.11. The summed E-state index contributed by atoms with van der Waals surface area (Å²) in [6.45, 7) is 2.92. The predicted molar refractivity (Wildman–Crippen MR) is 89.1 cm³/mol. The van der Waals surface area contributed by atoms with E-state index in [1.807, 2.05) is 30.3 Å². The summed E-state index contributed by atoms with van der Waals surface area (Å²) in [6, 6.07) is 18.4. The lowest BCUT2D eigenvalue weighted by atomic mass is 9.92. The number of hydrogen-bond acceptors (Lipinski definition) is 3. The maximum Gasteiger partial charge on any atom is 0.196 e. The van der Waals surface area contributed by atoms with Gasteiger partial charge in [-0.3, -0.25) is 4.99 Å². The summed E-state index contributed by atoms with van der Waals surface area (Å²) < 4.78 is 0. The number of rotatable bonds is 3. The molecule has 2 aromatic rings. The Morgan fingerprint density at radius 3 is 2.67 bits per heavy atom. The van der Waals surface area contributed by atoms with Crippen LogP contribution in [0.5, 0.6) is 0 Å². The average molecular weight is 300 g/mol. The van der Waals surface area contributed by atoms with Crippen molar-refractivity contribution in [2.45, 2.75) is 18.9 Å². The van der Waals surface area contributed by atoms with E-state index in [9.17, 15) is 0 Å². The van der Waals surface area contributed by atoms with Crippen LogP contribution in [-0.2, 0) is 0 Å². The molecule has 3 nitrogen and oxygen atoms in total.